The Kier molecular flexibility index (Phi) is 3.13. The van der Waals surface area contributed by atoms with Gasteiger partial charge < -0.3 is 9.72 Å². The maximum absolute atomic E-state index is 12.9. The van der Waals surface area contributed by atoms with Crippen molar-refractivity contribution in [2.75, 3.05) is 0 Å². The SMILES string of the molecule is FC(Cl)C(F)(F)Oc1ccc2[nH]c(S)nc2c1. The maximum atomic E-state index is 12.9. The van der Waals surface area contributed by atoms with Crippen LogP contribution in [0.1, 0.15) is 0 Å². The van der Waals surface area contributed by atoms with Crippen LogP contribution in [-0.2, 0) is 0 Å². The summed E-state index contributed by atoms with van der Waals surface area (Å²) in [6, 6.07) is 3.95. The number of H-pyrrole nitrogens is 1. The minimum atomic E-state index is -4.09. The monoisotopic (exact) mass is 282 g/mol. The minimum Gasteiger partial charge on any atom is -0.429 e. The Morgan fingerprint density at radius 3 is 2.82 bits per heavy atom. The van der Waals surface area contributed by atoms with E-state index >= 15 is 0 Å². The lowest BCUT2D eigenvalue weighted by atomic mass is 10.3. The van der Waals surface area contributed by atoms with E-state index in [9.17, 15) is 13.2 Å². The first-order valence-electron chi connectivity index (χ1n) is 4.42. The van der Waals surface area contributed by atoms with Crippen LogP contribution in [-0.4, -0.2) is 21.7 Å². The highest BCUT2D eigenvalue weighted by Gasteiger charge is 2.42. The van der Waals surface area contributed by atoms with Crippen molar-refractivity contribution in [1.82, 2.24) is 9.97 Å². The van der Waals surface area contributed by atoms with Crippen molar-refractivity contribution in [2.24, 2.45) is 0 Å². The third kappa shape index (κ3) is 2.61. The quantitative estimate of drug-likeness (QED) is 0.669. The average Bonchev–Trinajstić information content (AvgIpc) is 2.56. The van der Waals surface area contributed by atoms with Gasteiger partial charge in [0, 0.05) is 6.07 Å². The highest BCUT2D eigenvalue weighted by Crippen LogP contribution is 2.30. The topological polar surface area (TPSA) is 37.9 Å². The van der Waals surface area contributed by atoms with E-state index in [-0.39, 0.29) is 5.75 Å². The third-order valence-electron chi connectivity index (χ3n) is 1.95. The Morgan fingerprint density at radius 2 is 2.18 bits per heavy atom. The number of imidazole rings is 1. The Labute approximate surface area is 104 Å². The van der Waals surface area contributed by atoms with Gasteiger partial charge in [0.2, 0.25) is 0 Å². The molecule has 1 unspecified atom stereocenters. The number of thiol groups is 1. The Morgan fingerprint density at radius 1 is 1.47 bits per heavy atom. The van der Waals surface area contributed by atoms with E-state index in [1.54, 1.807) is 0 Å². The van der Waals surface area contributed by atoms with Crippen LogP contribution in [0.4, 0.5) is 13.2 Å². The molecule has 0 aliphatic rings. The van der Waals surface area contributed by atoms with Crippen molar-refractivity contribution in [3.63, 3.8) is 0 Å². The van der Waals surface area contributed by atoms with Gasteiger partial charge in [-0.15, -0.1) is 12.6 Å². The average molecular weight is 283 g/mol. The van der Waals surface area contributed by atoms with Crippen LogP contribution in [0.5, 0.6) is 5.75 Å². The first-order valence-corrected chi connectivity index (χ1v) is 5.30. The van der Waals surface area contributed by atoms with E-state index in [1.165, 1.54) is 18.2 Å². The van der Waals surface area contributed by atoms with Crippen LogP contribution in [0.25, 0.3) is 11.0 Å². The van der Waals surface area contributed by atoms with E-state index in [4.69, 9.17) is 0 Å². The summed E-state index contributed by atoms with van der Waals surface area (Å²) in [6.07, 6.45) is -4.09. The van der Waals surface area contributed by atoms with E-state index in [0.717, 1.165) is 0 Å². The second-order valence-corrected chi connectivity index (χ2v) is 4.01. The molecular weight excluding hydrogens is 277 g/mol. The van der Waals surface area contributed by atoms with Crippen molar-refractivity contribution in [3.05, 3.63) is 18.2 Å². The maximum Gasteiger partial charge on any atom is 0.444 e. The third-order valence-corrected chi connectivity index (χ3v) is 2.42. The van der Waals surface area contributed by atoms with Gasteiger partial charge in [-0.1, -0.05) is 11.6 Å². The number of ether oxygens (including phenoxy) is 1. The molecule has 92 valence electrons. The molecule has 17 heavy (non-hydrogen) atoms. The predicted molar refractivity (Wildman–Crippen MR) is 59.7 cm³/mol. The summed E-state index contributed by atoms with van der Waals surface area (Å²) in [7, 11) is 0. The van der Waals surface area contributed by atoms with Gasteiger partial charge in [-0.25, -0.2) is 9.37 Å². The molecule has 0 radical (unpaired) electrons. The summed E-state index contributed by atoms with van der Waals surface area (Å²) in [5.41, 5.74) is -1.93. The second-order valence-electron chi connectivity index (χ2n) is 3.20. The molecule has 0 spiro atoms. The summed E-state index contributed by atoms with van der Waals surface area (Å²) < 4.78 is 42.2. The van der Waals surface area contributed by atoms with Crippen molar-refractivity contribution in [1.29, 1.82) is 0 Å². The Bertz CT molecular complexity index is 546. The number of aromatic amines is 1. The number of rotatable bonds is 3. The highest BCUT2D eigenvalue weighted by molar-refractivity contribution is 7.80. The van der Waals surface area contributed by atoms with Gasteiger partial charge in [-0.2, -0.15) is 8.78 Å². The molecule has 0 aliphatic heterocycles. The summed E-state index contributed by atoms with van der Waals surface area (Å²) in [4.78, 5) is 6.69. The molecule has 0 saturated carbocycles. The Balaban J connectivity index is 2.30. The van der Waals surface area contributed by atoms with Gasteiger partial charge in [-0.05, 0) is 12.1 Å². The van der Waals surface area contributed by atoms with Crippen molar-refractivity contribution < 1.29 is 17.9 Å². The normalized spacial score (nSPS) is 13.9. The molecule has 1 atom stereocenters. The molecule has 2 rings (SSSR count). The van der Waals surface area contributed by atoms with Crippen LogP contribution in [0.15, 0.2) is 23.4 Å². The molecule has 1 aromatic carbocycles. The molecule has 1 heterocycles. The number of alkyl halides is 4. The van der Waals surface area contributed by atoms with Gasteiger partial charge in [0.25, 0.3) is 5.63 Å². The summed E-state index contributed by atoms with van der Waals surface area (Å²) in [6.45, 7) is 0. The molecule has 0 fully saturated rings. The fraction of sp³-hybridized carbons (Fsp3) is 0.222. The van der Waals surface area contributed by atoms with E-state index < -0.39 is 11.7 Å². The van der Waals surface area contributed by atoms with Crippen LogP contribution in [0.2, 0.25) is 0 Å². The van der Waals surface area contributed by atoms with Crippen molar-refractivity contribution in [2.45, 2.75) is 16.9 Å². The zero-order chi connectivity index (χ0) is 12.6. The zero-order valence-corrected chi connectivity index (χ0v) is 9.77. The smallest absolute Gasteiger partial charge is 0.429 e. The van der Waals surface area contributed by atoms with Gasteiger partial charge in [0.05, 0.1) is 11.0 Å². The standard InChI is InChI=1S/C9H6ClF3N2OS/c10-7(11)9(12,13)16-4-1-2-5-6(3-4)15-8(17)14-5/h1-3,7H,(H2,14,15,17). The lowest BCUT2D eigenvalue weighted by molar-refractivity contribution is -0.198. The molecule has 0 saturated heterocycles. The molecule has 2 aromatic rings. The zero-order valence-electron chi connectivity index (χ0n) is 8.12. The van der Waals surface area contributed by atoms with Crippen molar-refractivity contribution >= 4 is 35.3 Å². The molecule has 0 bridgehead atoms. The lowest BCUT2D eigenvalue weighted by Crippen LogP contribution is -2.32. The summed E-state index contributed by atoms with van der Waals surface area (Å²) in [5, 5.41) is 0.338. The lowest BCUT2D eigenvalue weighted by Gasteiger charge is -2.17. The van der Waals surface area contributed by atoms with Crippen molar-refractivity contribution in [3.8, 4) is 5.75 Å². The van der Waals surface area contributed by atoms with Crippen LogP contribution >= 0.6 is 24.2 Å². The largest absolute Gasteiger partial charge is 0.444 e. The number of benzene rings is 1. The number of nitrogens with one attached hydrogen (secondary N) is 1. The highest BCUT2D eigenvalue weighted by atomic mass is 35.5. The molecule has 0 amide bonds. The molecular formula is C9H6ClF3N2OS. The van der Waals surface area contributed by atoms with Crippen LogP contribution in [0, 0.1) is 0 Å². The number of fused-ring (bicyclic) bond motifs is 1. The van der Waals surface area contributed by atoms with E-state index in [0.29, 0.717) is 16.2 Å². The van der Waals surface area contributed by atoms with Crippen LogP contribution in [0.3, 0.4) is 0 Å². The molecule has 1 N–H and O–H groups in total. The van der Waals surface area contributed by atoms with Gasteiger partial charge in [-0.3, -0.25) is 0 Å². The van der Waals surface area contributed by atoms with E-state index in [2.05, 4.69) is 38.9 Å². The summed E-state index contributed by atoms with van der Waals surface area (Å²) in [5.74, 6) is -0.231. The molecule has 3 nitrogen and oxygen atoms in total. The first-order chi connectivity index (χ1) is 7.88. The molecule has 8 heteroatoms. The number of hydrogen-bond acceptors (Lipinski definition) is 3. The molecule has 1 aromatic heterocycles. The van der Waals surface area contributed by atoms with Gasteiger partial charge in [0.1, 0.15) is 5.75 Å². The first kappa shape index (κ1) is 12.4. The van der Waals surface area contributed by atoms with Gasteiger partial charge >= 0.3 is 6.11 Å². The predicted octanol–water partition coefficient (Wildman–Crippen LogP) is 3.36. The van der Waals surface area contributed by atoms with E-state index in [1.807, 2.05) is 0 Å². The van der Waals surface area contributed by atoms with Gasteiger partial charge in [0.15, 0.2) is 5.16 Å². The second kappa shape index (κ2) is 4.30. The fourth-order valence-corrected chi connectivity index (χ4v) is 1.51. The number of nitrogens with zero attached hydrogens (tertiary/aromatic N) is 1. The number of halogens is 4. The Hall–Kier alpha value is -1.08. The number of hydrogen-bond donors (Lipinski definition) is 2. The fourth-order valence-electron chi connectivity index (χ4n) is 1.24. The molecule has 0 aliphatic carbocycles. The minimum absolute atomic E-state index is 0.231. The van der Waals surface area contributed by atoms with Crippen LogP contribution < -0.4 is 4.74 Å². The number of aromatic nitrogens is 2. The summed E-state index contributed by atoms with van der Waals surface area (Å²) >= 11 is 8.63.